The lowest BCUT2D eigenvalue weighted by Crippen LogP contribution is -2.50. The number of carbonyl (C=O) groups is 2. The van der Waals surface area contributed by atoms with Crippen LogP contribution in [0.25, 0.3) is 0 Å². The Morgan fingerprint density at radius 3 is 1.75 bits per heavy atom. The number of ketones is 1. The number of Topliss-reactive ketones (excluding diaryl/α,β-unsaturated/α-hetero) is 1. The number of benzene rings is 3. The molecule has 3 N–H and O–H groups in total. The first-order valence-corrected chi connectivity index (χ1v) is 13.8. The van der Waals surface area contributed by atoms with Crippen molar-refractivity contribution >= 4 is 12.1 Å². The SMILES string of the molecule is N=NC1CC(N=N)(c2ccccc2)C2(CCC(CCC(C=O)(c3ccccc3)c3ccccc3)(N=N)CC2)C1=O. The Labute approximate surface area is 234 Å². The quantitative estimate of drug-likeness (QED) is 0.182. The molecule has 2 saturated carbocycles. The van der Waals surface area contributed by atoms with Gasteiger partial charge < -0.3 is 4.79 Å². The van der Waals surface area contributed by atoms with Crippen LogP contribution in [0.2, 0.25) is 0 Å². The average molecular weight is 535 g/mol. The molecule has 2 aliphatic rings. The van der Waals surface area contributed by atoms with E-state index in [1.807, 2.05) is 91.0 Å². The van der Waals surface area contributed by atoms with E-state index in [9.17, 15) is 9.59 Å². The zero-order chi connectivity index (χ0) is 28.3. The van der Waals surface area contributed by atoms with Crippen molar-refractivity contribution in [1.82, 2.24) is 0 Å². The fourth-order valence-corrected chi connectivity index (χ4v) is 7.29. The molecule has 1 spiro atoms. The molecule has 2 fully saturated rings. The Morgan fingerprint density at radius 1 is 0.775 bits per heavy atom. The van der Waals surface area contributed by atoms with Gasteiger partial charge in [-0.05, 0) is 55.2 Å². The van der Waals surface area contributed by atoms with E-state index in [1.165, 1.54) is 0 Å². The third-order valence-corrected chi connectivity index (χ3v) is 9.69. The van der Waals surface area contributed by atoms with E-state index in [-0.39, 0.29) is 12.2 Å². The fourth-order valence-electron chi connectivity index (χ4n) is 7.29. The van der Waals surface area contributed by atoms with Crippen molar-refractivity contribution < 1.29 is 9.59 Å². The molecule has 0 saturated heterocycles. The molecule has 40 heavy (non-hydrogen) atoms. The molecular weight excluding hydrogens is 500 g/mol. The van der Waals surface area contributed by atoms with Crippen molar-refractivity contribution in [3.8, 4) is 0 Å². The second kappa shape index (κ2) is 10.8. The van der Waals surface area contributed by atoms with Crippen molar-refractivity contribution in [2.45, 2.75) is 67.5 Å². The highest BCUT2D eigenvalue weighted by Gasteiger charge is 2.67. The molecule has 5 rings (SSSR count). The van der Waals surface area contributed by atoms with Crippen LogP contribution in [0.1, 0.15) is 61.6 Å². The van der Waals surface area contributed by atoms with E-state index >= 15 is 0 Å². The molecule has 2 unspecified atom stereocenters. The summed E-state index contributed by atoms with van der Waals surface area (Å²) < 4.78 is 0. The minimum Gasteiger partial charge on any atom is -0.302 e. The van der Waals surface area contributed by atoms with Gasteiger partial charge in [-0.2, -0.15) is 15.3 Å². The van der Waals surface area contributed by atoms with Gasteiger partial charge in [0.05, 0.1) is 16.4 Å². The van der Waals surface area contributed by atoms with Crippen LogP contribution in [0.3, 0.4) is 0 Å². The molecule has 0 bridgehead atoms. The van der Waals surface area contributed by atoms with E-state index in [1.54, 1.807) is 0 Å². The van der Waals surface area contributed by atoms with Crippen LogP contribution >= 0.6 is 0 Å². The number of nitrogens with one attached hydrogen (secondary N) is 3. The van der Waals surface area contributed by atoms with Crippen molar-refractivity contribution in [3.63, 3.8) is 0 Å². The summed E-state index contributed by atoms with van der Waals surface area (Å²) in [6.07, 6.45) is 3.86. The van der Waals surface area contributed by atoms with Gasteiger partial charge in [0.2, 0.25) is 0 Å². The van der Waals surface area contributed by atoms with E-state index < -0.39 is 27.9 Å². The molecule has 0 aromatic heterocycles. The van der Waals surface area contributed by atoms with Crippen LogP contribution in [-0.4, -0.2) is 23.7 Å². The summed E-state index contributed by atoms with van der Waals surface area (Å²) in [6, 6.07) is 28.0. The predicted octanol–water partition coefficient (Wildman–Crippen LogP) is 7.58. The number of carbonyl (C=O) groups excluding carboxylic acids is 2. The predicted molar refractivity (Wildman–Crippen MR) is 150 cm³/mol. The maximum atomic E-state index is 13.8. The Bertz CT molecular complexity index is 1350. The summed E-state index contributed by atoms with van der Waals surface area (Å²) in [7, 11) is 0. The smallest absolute Gasteiger partial charge is 0.168 e. The molecule has 0 amide bonds. The van der Waals surface area contributed by atoms with E-state index in [0.29, 0.717) is 38.5 Å². The third kappa shape index (κ3) is 4.13. The lowest BCUT2D eigenvalue weighted by Gasteiger charge is -2.48. The van der Waals surface area contributed by atoms with Gasteiger partial charge in [0.1, 0.15) is 17.9 Å². The van der Waals surface area contributed by atoms with Gasteiger partial charge in [0.25, 0.3) is 0 Å². The molecule has 3 aromatic carbocycles. The summed E-state index contributed by atoms with van der Waals surface area (Å²) in [5.41, 5.74) is 23.1. The van der Waals surface area contributed by atoms with E-state index in [2.05, 4.69) is 15.3 Å². The van der Waals surface area contributed by atoms with Crippen LogP contribution in [-0.2, 0) is 20.5 Å². The molecule has 8 heteroatoms. The first kappa shape index (κ1) is 27.4. The highest BCUT2D eigenvalue weighted by molar-refractivity contribution is 5.94. The normalized spacial score (nSPS) is 28.2. The Kier molecular flexibility index (Phi) is 7.36. The van der Waals surface area contributed by atoms with Crippen molar-refractivity contribution in [1.29, 1.82) is 16.6 Å². The van der Waals surface area contributed by atoms with Gasteiger partial charge in [-0.1, -0.05) is 91.0 Å². The molecular formula is C32H34N6O2. The fraction of sp³-hybridized carbons (Fsp3) is 0.375. The van der Waals surface area contributed by atoms with Gasteiger partial charge in [0, 0.05) is 6.42 Å². The second-order valence-electron chi connectivity index (χ2n) is 11.3. The van der Waals surface area contributed by atoms with E-state index in [4.69, 9.17) is 16.6 Å². The lowest BCUT2D eigenvalue weighted by molar-refractivity contribution is -0.132. The van der Waals surface area contributed by atoms with Crippen LogP contribution in [0.15, 0.2) is 106 Å². The highest BCUT2D eigenvalue weighted by Crippen LogP contribution is 2.62. The second-order valence-corrected chi connectivity index (χ2v) is 11.3. The van der Waals surface area contributed by atoms with Gasteiger partial charge in [0.15, 0.2) is 5.78 Å². The van der Waals surface area contributed by atoms with Crippen molar-refractivity contribution in [3.05, 3.63) is 108 Å². The molecule has 204 valence electrons. The third-order valence-electron chi connectivity index (χ3n) is 9.69. The van der Waals surface area contributed by atoms with Crippen LogP contribution < -0.4 is 0 Å². The monoisotopic (exact) mass is 534 g/mol. The molecule has 2 aliphatic carbocycles. The van der Waals surface area contributed by atoms with Crippen molar-refractivity contribution in [2.75, 3.05) is 0 Å². The number of hydrogen-bond acceptors (Lipinski definition) is 8. The topological polar surface area (TPSA) is 143 Å². The summed E-state index contributed by atoms with van der Waals surface area (Å²) in [6.45, 7) is 0. The van der Waals surface area contributed by atoms with Crippen LogP contribution in [0.4, 0.5) is 0 Å². The zero-order valence-corrected chi connectivity index (χ0v) is 22.4. The minimum absolute atomic E-state index is 0.142. The van der Waals surface area contributed by atoms with Crippen LogP contribution in [0, 0.1) is 22.0 Å². The number of aldehydes is 1. The average Bonchev–Trinajstić information content (AvgIpc) is 3.27. The number of nitrogens with zero attached hydrogens (tertiary/aromatic N) is 3. The summed E-state index contributed by atoms with van der Waals surface area (Å²) in [4.78, 5) is 26.7. The molecule has 0 heterocycles. The van der Waals surface area contributed by atoms with E-state index in [0.717, 1.165) is 23.0 Å². The molecule has 2 atom stereocenters. The summed E-state index contributed by atoms with van der Waals surface area (Å²) in [5, 5.41) is 11.9. The van der Waals surface area contributed by atoms with Gasteiger partial charge >= 0.3 is 0 Å². The van der Waals surface area contributed by atoms with Gasteiger partial charge in [-0.15, -0.1) is 0 Å². The van der Waals surface area contributed by atoms with Gasteiger partial charge in [-0.3, -0.25) is 4.79 Å². The highest BCUT2D eigenvalue weighted by atomic mass is 16.1. The number of hydrogen-bond donors (Lipinski definition) is 3. The number of rotatable bonds is 10. The van der Waals surface area contributed by atoms with Crippen molar-refractivity contribution in [2.24, 2.45) is 20.8 Å². The summed E-state index contributed by atoms with van der Waals surface area (Å²) in [5.74, 6) is -0.142. The van der Waals surface area contributed by atoms with Crippen LogP contribution in [0.5, 0.6) is 0 Å². The Morgan fingerprint density at radius 2 is 1.30 bits per heavy atom. The maximum absolute atomic E-state index is 13.8. The largest absolute Gasteiger partial charge is 0.302 e. The minimum atomic E-state index is -1.10. The standard InChI is InChI=1S/C32H34N6O2/c33-36-27-22-32(38-35,26-14-8-3-9-15-26)31(28(27)40)20-17-29(37-34,18-21-31)16-19-30(23-39,24-10-4-1-5-11-24)25-12-6-2-7-13-25/h1-15,23,27,33-35H,16-22H2. The zero-order valence-electron chi connectivity index (χ0n) is 22.4. The Balaban J connectivity index is 1.48. The first-order valence-electron chi connectivity index (χ1n) is 13.8. The maximum Gasteiger partial charge on any atom is 0.168 e. The molecule has 8 nitrogen and oxygen atoms in total. The van der Waals surface area contributed by atoms with Gasteiger partial charge in [-0.25, -0.2) is 16.6 Å². The lowest BCUT2D eigenvalue weighted by atomic mass is 9.56. The molecule has 0 radical (unpaired) electrons. The summed E-state index contributed by atoms with van der Waals surface area (Å²) >= 11 is 0. The Hall–Kier alpha value is -4.20. The molecule has 0 aliphatic heterocycles. The molecule has 3 aromatic rings. The first-order chi connectivity index (χ1) is 19.4.